The normalized spacial score (nSPS) is 17.5. The smallest absolute Gasteiger partial charge is 0.0279 e. The quantitative estimate of drug-likeness (QED) is 0.609. The van der Waals surface area contributed by atoms with Crippen LogP contribution in [0.5, 0.6) is 0 Å². The summed E-state index contributed by atoms with van der Waals surface area (Å²) in [6.45, 7) is 0. The predicted octanol–water partition coefficient (Wildman–Crippen LogP) is 4.98. The minimum atomic E-state index is 1.06. The van der Waals surface area contributed by atoms with Crippen molar-refractivity contribution in [2.24, 2.45) is 5.92 Å². The van der Waals surface area contributed by atoms with E-state index in [2.05, 4.69) is 30.3 Å². The Morgan fingerprint density at radius 2 is 1.62 bits per heavy atom. The van der Waals surface area contributed by atoms with Gasteiger partial charge in [-0.05, 0) is 24.3 Å². The van der Waals surface area contributed by atoms with E-state index in [-0.39, 0.29) is 0 Å². The number of aryl methyl sites for hydroxylation is 1. The fraction of sp³-hybridized carbons (Fsp3) is 0.625. The van der Waals surface area contributed by atoms with E-state index in [9.17, 15) is 0 Å². The zero-order chi connectivity index (χ0) is 11.1. The van der Waals surface area contributed by atoms with Crippen molar-refractivity contribution in [2.45, 2.75) is 57.8 Å². The zero-order valence-corrected chi connectivity index (χ0v) is 10.3. The average Bonchev–Trinajstić information content (AvgIpc) is 2.37. The molecule has 0 atom stereocenters. The lowest BCUT2D eigenvalue weighted by Gasteiger charge is -2.21. The van der Waals surface area contributed by atoms with Gasteiger partial charge in [-0.1, -0.05) is 75.3 Å². The molecule has 0 unspecified atom stereocenters. The molecule has 0 aromatic heterocycles. The van der Waals surface area contributed by atoms with Crippen LogP contribution in [-0.4, -0.2) is 0 Å². The molecular formula is C16H24. The molecule has 0 bridgehead atoms. The van der Waals surface area contributed by atoms with Gasteiger partial charge in [-0.2, -0.15) is 0 Å². The molecular weight excluding hydrogens is 192 g/mol. The van der Waals surface area contributed by atoms with Gasteiger partial charge in [0, 0.05) is 0 Å². The van der Waals surface area contributed by atoms with Gasteiger partial charge in [-0.15, -0.1) is 0 Å². The average molecular weight is 216 g/mol. The van der Waals surface area contributed by atoms with E-state index in [1.54, 1.807) is 0 Å². The first-order valence-corrected chi connectivity index (χ1v) is 6.99. The minimum Gasteiger partial charge on any atom is -0.0622 e. The SMILES string of the molecule is c1ccc(CCCCC2CCCCC2)cc1. The molecule has 0 heterocycles. The Morgan fingerprint density at radius 1 is 0.875 bits per heavy atom. The highest BCUT2D eigenvalue weighted by Gasteiger charge is 2.12. The summed E-state index contributed by atoms with van der Waals surface area (Å²) in [5.41, 5.74) is 1.51. The topological polar surface area (TPSA) is 0 Å². The van der Waals surface area contributed by atoms with Gasteiger partial charge in [0.15, 0.2) is 0 Å². The molecule has 0 nitrogen and oxygen atoms in total. The monoisotopic (exact) mass is 216 g/mol. The largest absolute Gasteiger partial charge is 0.0622 e. The van der Waals surface area contributed by atoms with Crippen molar-refractivity contribution in [2.75, 3.05) is 0 Å². The van der Waals surface area contributed by atoms with E-state index < -0.39 is 0 Å². The first kappa shape index (κ1) is 11.7. The molecule has 0 radical (unpaired) electrons. The van der Waals surface area contributed by atoms with Crippen LogP contribution < -0.4 is 0 Å². The van der Waals surface area contributed by atoms with Crippen molar-refractivity contribution in [3.8, 4) is 0 Å². The molecule has 1 aromatic carbocycles. The Hall–Kier alpha value is -0.780. The van der Waals surface area contributed by atoms with Crippen LogP contribution in [0.2, 0.25) is 0 Å². The Labute approximate surface area is 100 Å². The van der Waals surface area contributed by atoms with E-state index in [4.69, 9.17) is 0 Å². The second-order valence-electron chi connectivity index (χ2n) is 5.24. The van der Waals surface area contributed by atoms with Crippen LogP contribution in [0.3, 0.4) is 0 Å². The molecule has 0 amide bonds. The molecule has 1 fully saturated rings. The van der Waals surface area contributed by atoms with Gasteiger partial charge in [-0.25, -0.2) is 0 Å². The van der Waals surface area contributed by atoms with E-state index in [0.717, 1.165) is 5.92 Å². The Bertz CT molecular complexity index is 269. The maximum atomic E-state index is 2.25. The number of rotatable bonds is 5. The summed E-state index contributed by atoms with van der Waals surface area (Å²) in [6, 6.07) is 10.9. The molecule has 0 N–H and O–H groups in total. The highest BCUT2D eigenvalue weighted by atomic mass is 14.2. The summed E-state index contributed by atoms with van der Waals surface area (Å²) in [4.78, 5) is 0. The van der Waals surface area contributed by atoms with Gasteiger partial charge in [-0.3, -0.25) is 0 Å². The second kappa shape index (κ2) is 6.73. The summed E-state index contributed by atoms with van der Waals surface area (Å²) in [7, 11) is 0. The molecule has 0 saturated heterocycles. The van der Waals surface area contributed by atoms with E-state index in [1.807, 2.05) is 0 Å². The summed E-state index contributed by atoms with van der Waals surface area (Å²) in [6.07, 6.45) is 13.0. The lowest BCUT2D eigenvalue weighted by Crippen LogP contribution is -2.05. The molecule has 0 heteroatoms. The van der Waals surface area contributed by atoms with Gasteiger partial charge in [0.2, 0.25) is 0 Å². The molecule has 2 rings (SSSR count). The van der Waals surface area contributed by atoms with E-state index >= 15 is 0 Å². The van der Waals surface area contributed by atoms with Crippen molar-refractivity contribution >= 4 is 0 Å². The maximum absolute atomic E-state index is 2.25. The van der Waals surface area contributed by atoms with Crippen LogP contribution in [0, 0.1) is 5.92 Å². The predicted molar refractivity (Wildman–Crippen MR) is 70.6 cm³/mol. The van der Waals surface area contributed by atoms with Crippen LogP contribution in [-0.2, 0) is 6.42 Å². The van der Waals surface area contributed by atoms with E-state index in [0.29, 0.717) is 0 Å². The maximum Gasteiger partial charge on any atom is -0.0279 e. The van der Waals surface area contributed by atoms with E-state index in [1.165, 1.54) is 63.4 Å². The van der Waals surface area contributed by atoms with Crippen LogP contribution in [0.25, 0.3) is 0 Å². The van der Waals surface area contributed by atoms with Crippen molar-refractivity contribution in [3.63, 3.8) is 0 Å². The standard InChI is InChI=1S/C16H24/c1-3-9-15(10-4-1)13-7-8-14-16-11-5-2-6-12-16/h1,3-4,9-10,16H,2,5-8,11-14H2. The van der Waals surface area contributed by atoms with Gasteiger partial charge in [0.1, 0.15) is 0 Å². The van der Waals surface area contributed by atoms with Gasteiger partial charge < -0.3 is 0 Å². The number of benzene rings is 1. The first-order chi connectivity index (χ1) is 7.95. The number of hydrogen-bond donors (Lipinski definition) is 0. The van der Waals surface area contributed by atoms with Crippen LogP contribution in [0.15, 0.2) is 30.3 Å². The molecule has 1 aliphatic carbocycles. The highest BCUT2D eigenvalue weighted by Crippen LogP contribution is 2.27. The van der Waals surface area contributed by atoms with Crippen molar-refractivity contribution in [1.29, 1.82) is 0 Å². The van der Waals surface area contributed by atoms with Crippen LogP contribution in [0.1, 0.15) is 56.9 Å². The summed E-state index contributed by atoms with van der Waals surface area (Å²) in [5, 5.41) is 0. The van der Waals surface area contributed by atoms with Gasteiger partial charge >= 0.3 is 0 Å². The Morgan fingerprint density at radius 3 is 2.38 bits per heavy atom. The van der Waals surface area contributed by atoms with Crippen LogP contribution >= 0.6 is 0 Å². The fourth-order valence-electron chi connectivity index (χ4n) is 2.88. The third-order valence-electron chi connectivity index (χ3n) is 3.90. The molecule has 16 heavy (non-hydrogen) atoms. The minimum absolute atomic E-state index is 1.06. The summed E-state index contributed by atoms with van der Waals surface area (Å²) >= 11 is 0. The third-order valence-corrected chi connectivity index (χ3v) is 3.90. The number of unbranched alkanes of at least 4 members (excludes halogenated alkanes) is 1. The first-order valence-electron chi connectivity index (χ1n) is 6.99. The lowest BCUT2D eigenvalue weighted by atomic mass is 9.85. The molecule has 0 aliphatic heterocycles. The highest BCUT2D eigenvalue weighted by molar-refractivity contribution is 5.14. The molecule has 1 aromatic rings. The van der Waals surface area contributed by atoms with Gasteiger partial charge in [0.25, 0.3) is 0 Å². The zero-order valence-electron chi connectivity index (χ0n) is 10.3. The second-order valence-corrected chi connectivity index (χ2v) is 5.24. The lowest BCUT2D eigenvalue weighted by molar-refractivity contribution is 0.330. The molecule has 88 valence electrons. The third kappa shape index (κ3) is 4.00. The van der Waals surface area contributed by atoms with Crippen molar-refractivity contribution in [3.05, 3.63) is 35.9 Å². The van der Waals surface area contributed by atoms with Crippen molar-refractivity contribution < 1.29 is 0 Å². The van der Waals surface area contributed by atoms with Gasteiger partial charge in [0.05, 0.1) is 0 Å². The molecule has 1 saturated carbocycles. The summed E-state index contributed by atoms with van der Waals surface area (Å²) < 4.78 is 0. The fourth-order valence-corrected chi connectivity index (χ4v) is 2.88. The summed E-state index contributed by atoms with van der Waals surface area (Å²) in [5.74, 6) is 1.06. The van der Waals surface area contributed by atoms with Crippen LogP contribution in [0.4, 0.5) is 0 Å². The van der Waals surface area contributed by atoms with Crippen molar-refractivity contribution in [1.82, 2.24) is 0 Å². The molecule has 1 aliphatic rings. The molecule has 0 spiro atoms. The Balaban J connectivity index is 1.58. The number of hydrogen-bond acceptors (Lipinski definition) is 0. The Kier molecular flexibility index (Phi) is 4.92.